The van der Waals surface area contributed by atoms with Crippen LogP contribution in [0.5, 0.6) is 0 Å². The SMILES string of the molecule is CC(O)CCNC(=O)C(C)CC1CCCCC1. The summed E-state index contributed by atoms with van der Waals surface area (Å²) in [6.45, 7) is 4.36. The summed E-state index contributed by atoms with van der Waals surface area (Å²) in [7, 11) is 0. The zero-order valence-electron chi connectivity index (χ0n) is 11.2. The van der Waals surface area contributed by atoms with Crippen molar-refractivity contribution in [1.82, 2.24) is 5.32 Å². The van der Waals surface area contributed by atoms with Crippen molar-refractivity contribution in [3.05, 3.63) is 0 Å². The van der Waals surface area contributed by atoms with E-state index in [1.807, 2.05) is 6.92 Å². The maximum Gasteiger partial charge on any atom is 0.222 e. The Balaban J connectivity index is 2.16. The zero-order valence-corrected chi connectivity index (χ0v) is 11.2. The Morgan fingerprint density at radius 2 is 1.94 bits per heavy atom. The van der Waals surface area contributed by atoms with E-state index in [2.05, 4.69) is 5.32 Å². The van der Waals surface area contributed by atoms with Crippen LogP contribution in [0, 0.1) is 11.8 Å². The van der Waals surface area contributed by atoms with Crippen LogP contribution in [0.15, 0.2) is 0 Å². The standard InChI is InChI=1S/C14H27NO2/c1-11(10-13-6-4-3-5-7-13)14(17)15-9-8-12(2)16/h11-13,16H,3-10H2,1-2H3,(H,15,17). The first-order valence-corrected chi connectivity index (χ1v) is 7.05. The van der Waals surface area contributed by atoms with Gasteiger partial charge in [0.25, 0.3) is 0 Å². The minimum Gasteiger partial charge on any atom is -0.393 e. The summed E-state index contributed by atoms with van der Waals surface area (Å²) in [6.07, 6.45) is 7.97. The number of amides is 1. The van der Waals surface area contributed by atoms with Crippen LogP contribution in [0.1, 0.15) is 58.8 Å². The van der Waals surface area contributed by atoms with Gasteiger partial charge in [0.15, 0.2) is 0 Å². The Hall–Kier alpha value is -0.570. The van der Waals surface area contributed by atoms with E-state index in [1.165, 1.54) is 32.1 Å². The van der Waals surface area contributed by atoms with Crippen LogP contribution in [-0.2, 0) is 4.79 Å². The molecule has 0 heterocycles. The number of carbonyl (C=O) groups excluding carboxylic acids is 1. The summed E-state index contributed by atoms with van der Waals surface area (Å²) in [5.74, 6) is 1.02. The molecule has 0 bridgehead atoms. The number of hydrogen-bond acceptors (Lipinski definition) is 2. The van der Waals surface area contributed by atoms with Crippen LogP contribution < -0.4 is 5.32 Å². The van der Waals surface area contributed by atoms with Crippen molar-refractivity contribution >= 4 is 5.91 Å². The zero-order chi connectivity index (χ0) is 12.7. The molecular formula is C14H27NO2. The lowest BCUT2D eigenvalue weighted by Crippen LogP contribution is -2.32. The largest absolute Gasteiger partial charge is 0.393 e. The summed E-state index contributed by atoms with van der Waals surface area (Å²) in [6, 6.07) is 0. The highest BCUT2D eigenvalue weighted by Gasteiger charge is 2.20. The Morgan fingerprint density at radius 3 is 2.53 bits per heavy atom. The topological polar surface area (TPSA) is 49.3 Å². The molecule has 0 aromatic rings. The molecule has 1 amide bonds. The highest BCUT2D eigenvalue weighted by molar-refractivity contribution is 5.78. The summed E-state index contributed by atoms with van der Waals surface area (Å²) in [5, 5.41) is 12.0. The smallest absolute Gasteiger partial charge is 0.222 e. The number of hydrogen-bond donors (Lipinski definition) is 2. The van der Waals surface area contributed by atoms with Crippen LogP contribution in [0.25, 0.3) is 0 Å². The quantitative estimate of drug-likeness (QED) is 0.750. The van der Waals surface area contributed by atoms with Gasteiger partial charge in [-0.3, -0.25) is 4.79 Å². The van der Waals surface area contributed by atoms with Crippen molar-refractivity contribution in [2.45, 2.75) is 64.9 Å². The van der Waals surface area contributed by atoms with Crippen molar-refractivity contribution in [2.24, 2.45) is 11.8 Å². The van der Waals surface area contributed by atoms with Crippen LogP contribution >= 0.6 is 0 Å². The first-order chi connectivity index (χ1) is 8.09. The van der Waals surface area contributed by atoms with Gasteiger partial charge >= 0.3 is 0 Å². The molecule has 1 aliphatic rings. The molecule has 3 heteroatoms. The normalized spacial score (nSPS) is 20.9. The third-order valence-corrected chi connectivity index (χ3v) is 3.72. The number of rotatable bonds is 6. The van der Waals surface area contributed by atoms with Gasteiger partial charge in [-0.15, -0.1) is 0 Å². The lowest BCUT2D eigenvalue weighted by molar-refractivity contribution is -0.125. The molecule has 1 rings (SSSR count). The summed E-state index contributed by atoms with van der Waals surface area (Å²) >= 11 is 0. The van der Waals surface area contributed by atoms with E-state index in [0.717, 1.165) is 12.3 Å². The predicted molar refractivity (Wildman–Crippen MR) is 69.7 cm³/mol. The number of carbonyl (C=O) groups is 1. The monoisotopic (exact) mass is 241 g/mol. The Morgan fingerprint density at radius 1 is 1.29 bits per heavy atom. The lowest BCUT2D eigenvalue weighted by Gasteiger charge is -2.24. The van der Waals surface area contributed by atoms with Gasteiger partial charge in [-0.1, -0.05) is 39.0 Å². The first-order valence-electron chi connectivity index (χ1n) is 7.05. The van der Waals surface area contributed by atoms with E-state index in [4.69, 9.17) is 5.11 Å². The fourth-order valence-corrected chi connectivity index (χ4v) is 2.61. The summed E-state index contributed by atoms with van der Waals surface area (Å²) in [5.41, 5.74) is 0. The minimum absolute atomic E-state index is 0.118. The summed E-state index contributed by atoms with van der Waals surface area (Å²) < 4.78 is 0. The van der Waals surface area contributed by atoms with E-state index in [9.17, 15) is 4.79 Å². The van der Waals surface area contributed by atoms with Gasteiger partial charge < -0.3 is 10.4 Å². The molecule has 2 unspecified atom stereocenters. The van der Waals surface area contributed by atoms with Crippen LogP contribution in [0.3, 0.4) is 0 Å². The second kappa shape index (κ2) is 7.70. The summed E-state index contributed by atoms with van der Waals surface area (Å²) in [4.78, 5) is 11.8. The van der Waals surface area contributed by atoms with Gasteiger partial charge in [-0.2, -0.15) is 0 Å². The van der Waals surface area contributed by atoms with E-state index < -0.39 is 0 Å². The maximum absolute atomic E-state index is 11.8. The number of nitrogens with one attached hydrogen (secondary N) is 1. The van der Waals surface area contributed by atoms with Gasteiger partial charge in [-0.25, -0.2) is 0 Å². The van der Waals surface area contributed by atoms with E-state index in [-0.39, 0.29) is 17.9 Å². The first kappa shape index (κ1) is 14.5. The van der Waals surface area contributed by atoms with E-state index in [1.54, 1.807) is 6.92 Å². The highest BCUT2D eigenvalue weighted by atomic mass is 16.3. The van der Waals surface area contributed by atoms with Crippen molar-refractivity contribution in [3.8, 4) is 0 Å². The number of aliphatic hydroxyl groups excluding tert-OH is 1. The van der Waals surface area contributed by atoms with Gasteiger partial charge in [-0.05, 0) is 25.7 Å². The van der Waals surface area contributed by atoms with Crippen molar-refractivity contribution in [1.29, 1.82) is 0 Å². The molecule has 3 nitrogen and oxygen atoms in total. The molecular weight excluding hydrogens is 214 g/mol. The Labute approximate surface area is 105 Å². The average Bonchev–Trinajstić information content (AvgIpc) is 2.29. The average molecular weight is 241 g/mol. The molecule has 1 saturated carbocycles. The maximum atomic E-state index is 11.8. The molecule has 2 N–H and O–H groups in total. The molecule has 17 heavy (non-hydrogen) atoms. The fraction of sp³-hybridized carbons (Fsp3) is 0.929. The van der Waals surface area contributed by atoms with Gasteiger partial charge in [0, 0.05) is 12.5 Å². The van der Waals surface area contributed by atoms with Crippen LogP contribution in [0.2, 0.25) is 0 Å². The molecule has 2 atom stereocenters. The van der Waals surface area contributed by atoms with E-state index in [0.29, 0.717) is 13.0 Å². The fourth-order valence-electron chi connectivity index (χ4n) is 2.61. The number of aliphatic hydroxyl groups is 1. The molecule has 1 fully saturated rings. The molecule has 100 valence electrons. The van der Waals surface area contributed by atoms with Crippen molar-refractivity contribution < 1.29 is 9.90 Å². The molecule has 0 aromatic carbocycles. The second-order valence-electron chi connectivity index (χ2n) is 5.57. The lowest BCUT2D eigenvalue weighted by atomic mass is 9.83. The molecule has 0 radical (unpaired) electrons. The molecule has 1 aliphatic carbocycles. The Bertz CT molecular complexity index is 222. The molecule has 0 aliphatic heterocycles. The third-order valence-electron chi connectivity index (χ3n) is 3.72. The van der Waals surface area contributed by atoms with Crippen LogP contribution in [-0.4, -0.2) is 23.7 Å². The predicted octanol–water partition coefficient (Wildman–Crippen LogP) is 2.48. The molecule has 0 spiro atoms. The van der Waals surface area contributed by atoms with Gasteiger partial charge in [0.05, 0.1) is 6.10 Å². The minimum atomic E-state index is -0.330. The third kappa shape index (κ3) is 6.06. The second-order valence-corrected chi connectivity index (χ2v) is 5.57. The highest BCUT2D eigenvalue weighted by Crippen LogP contribution is 2.28. The van der Waals surface area contributed by atoms with Crippen molar-refractivity contribution in [2.75, 3.05) is 6.54 Å². The van der Waals surface area contributed by atoms with Crippen molar-refractivity contribution in [3.63, 3.8) is 0 Å². The van der Waals surface area contributed by atoms with Gasteiger partial charge in [0.2, 0.25) is 5.91 Å². The van der Waals surface area contributed by atoms with Gasteiger partial charge in [0.1, 0.15) is 0 Å². The van der Waals surface area contributed by atoms with Crippen LogP contribution in [0.4, 0.5) is 0 Å². The Kier molecular flexibility index (Phi) is 6.56. The van der Waals surface area contributed by atoms with E-state index >= 15 is 0 Å². The molecule has 0 saturated heterocycles. The molecule has 0 aromatic heterocycles.